The third kappa shape index (κ3) is 5.08. The van der Waals surface area contributed by atoms with Crippen LogP contribution in [0.1, 0.15) is 23.2 Å². The molecular formula is C21H24N2O4. The van der Waals surface area contributed by atoms with Crippen LogP contribution in [0.5, 0.6) is 0 Å². The fourth-order valence-corrected chi connectivity index (χ4v) is 3.34. The lowest BCUT2D eigenvalue weighted by atomic mass is 9.86. The molecule has 0 radical (unpaired) electrons. The Kier molecular flexibility index (Phi) is 6.44. The van der Waals surface area contributed by atoms with Crippen LogP contribution in [0.2, 0.25) is 0 Å². The first kappa shape index (κ1) is 18.9. The summed E-state index contributed by atoms with van der Waals surface area (Å²) < 4.78 is 5.31. The van der Waals surface area contributed by atoms with Gasteiger partial charge >= 0.3 is 5.97 Å². The average molecular weight is 368 g/mol. The molecule has 1 saturated heterocycles. The molecule has 1 unspecified atom stereocenters. The molecule has 1 aliphatic heterocycles. The van der Waals surface area contributed by atoms with Gasteiger partial charge in [0.25, 0.3) is 5.91 Å². The zero-order valence-electron chi connectivity index (χ0n) is 15.1. The minimum atomic E-state index is -0.877. The SMILES string of the molecule is O=C(NCC(C(=O)O)C1CCOCC1)c1ccccc1Nc1ccccc1. The van der Waals surface area contributed by atoms with Gasteiger partial charge in [0, 0.05) is 25.4 Å². The number of para-hydroxylation sites is 2. The highest BCUT2D eigenvalue weighted by atomic mass is 16.5. The average Bonchev–Trinajstić information content (AvgIpc) is 2.70. The predicted molar refractivity (Wildman–Crippen MR) is 103 cm³/mol. The molecule has 0 bridgehead atoms. The van der Waals surface area contributed by atoms with Crippen molar-refractivity contribution < 1.29 is 19.4 Å². The zero-order chi connectivity index (χ0) is 19.1. The Morgan fingerprint density at radius 1 is 1.04 bits per heavy atom. The standard InChI is InChI=1S/C21H24N2O4/c24-20(22-14-18(21(25)26)15-10-12-27-13-11-15)17-8-4-5-9-19(17)23-16-6-2-1-3-7-16/h1-9,15,18,23H,10-14H2,(H,22,24)(H,25,26). The number of carbonyl (C=O) groups is 2. The number of hydrogen-bond donors (Lipinski definition) is 3. The fraction of sp³-hybridized carbons (Fsp3) is 0.333. The molecule has 142 valence electrons. The van der Waals surface area contributed by atoms with Crippen LogP contribution >= 0.6 is 0 Å². The van der Waals surface area contributed by atoms with E-state index in [-0.39, 0.29) is 18.4 Å². The van der Waals surface area contributed by atoms with Crippen molar-refractivity contribution in [3.63, 3.8) is 0 Å². The molecule has 2 aromatic carbocycles. The van der Waals surface area contributed by atoms with E-state index in [1.54, 1.807) is 12.1 Å². The van der Waals surface area contributed by atoms with Gasteiger partial charge in [0.05, 0.1) is 17.2 Å². The molecule has 0 saturated carbocycles. The number of carboxylic acids is 1. The van der Waals surface area contributed by atoms with Gasteiger partial charge < -0.3 is 20.5 Å². The van der Waals surface area contributed by atoms with Crippen LogP contribution in [0, 0.1) is 11.8 Å². The van der Waals surface area contributed by atoms with E-state index in [1.165, 1.54) is 0 Å². The molecule has 3 N–H and O–H groups in total. The molecule has 0 spiro atoms. The number of nitrogens with one attached hydrogen (secondary N) is 2. The van der Waals surface area contributed by atoms with Gasteiger partial charge in [-0.1, -0.05) is 30.3 Å². The monoisotopic (exact) mass is 368 g/mol. The predicted octanol–water partition coefficient (Wildman–Crippen LogP) is 3.29. The Balaban J connectivity index is 1.67. The Bertz CT molecular complexity index is 773. The van der Waals surface area contributed by atoms with Crippen molar-refractivity contribution in [2.45, 2.75) is 12.8 Å². The maximum Gasteiger partial charge on any atom is 0.308 e. The van der Waals surface area contributed by atoms with Crippen LogP contribution in [0.15, 0.2) is 54.6 Å². The Hall–Kier alpha value is -2.86. The van der Waals surface area contributed by atoms with Crippen molar-refractivity contribution in [2.24, 2.45) is 11.8 Å². The molecule has 1 fully saturated rings. The summed E-state index contributed by atoms with van der Waals surface area (Å²) >= 11 is 0. The van der Waals surface area contributed by atoms with Gasteiger partial charge in [-0.3, -0.25) is 9.59 Å². The fourth-order valence-electron chi connectivity index (χ4n) is 3.34. The minimum absolute atomic E-state index is 0.0224. The number of anilines is 2. The van der Waals surface area contributed by atoms with E-state index in [9.17, 15) is 14.7 Å². The molecule has 1 heterocycles. The molecule has 3 rings (SSSR count). The highest BCUT2D eigenvalue weighted by Crippen LogP contribution is 2.24. The number of rotatable bonds is 7. The van der Waals surface area contributed by atoms with E-state index in [1.807, 2.05) is 42.5 Å². The molecule has 1 amide bonds. The molecule has 0 aromatic heterocycles. The van der Waals surface area contributed by atoms with Gasteiger partial charge in [0.15, 0.2) is 0 Å². The Labute approximate surface area is 158 Å². The van der Waals surface area contributed by atoms with Crippen molar-refractivity contribution in [3.8, 4) is 0 Å². The first-order valence-corrected chi connectivity index (χ1v) is 9.15. The lowest BCUT2D eigenvalue weighted by molar-refractivity contribution is -0.144. The van der Waals surface area contributed by atoms with E-state index < -0.39 is 11.9 Å². The molecule has 0 aliphatic carbocycles. The normalized spacial score (nSPS) is 15.7. The van der Waals surface area contributed by atoms with Crippen molar-refractivity contribution in [2.75, 3.05) is 25.1 Å². The summed E-state index contributed by atoms with van der Waals surface area (Å²) in [4.78, 5) is 24.3. The molecule has 6 heteroatoms. The number of amides is 1. The second-order valence-electron chi connectivity index (χ2n) is 6.64. The summed E-state index contributed by atoms with van der Waals surface area (Å²) in [6.45, 7) is 1.26. The highest BCUT2D eigenvalue weighted by Gasteiger charge is 2.30. The molecule has 1 aliphatic rings. The van der Waals surface area contributed by atoms with Crippen molar-refractivity contribution in [3.05, 3.63) is 60.2 Å². The summed E-state index contributed by atoms with van der Waals surface area (Å²) in [7, 11) is 0. The molecular weight excluding hydrogens is 344 g/mol. The van der Waals surface area contributed by atoms with Gasteiger partial charge in [-0.15, -0.1) is 0 Å². The largest absolute Gasteiger partial charge is 0.481 e. The maximum atomic E-state index is 12.7. The van der Waals surface area contributed by atoms with E-state index in [2.05, 4.69) is 10.6 Å². The number of aliphatic carboxylic acids is 1. The molecule has 6 nitrogen and oxygen atoms in total. The summed E-state index contributed by atoms with van der Waals surface area (Å²) in [5, 5.41) is 15.6. The summed E-state index contributed by atoms with van der Waals surface area (Å²) in [5.41, 5.74) is 2.04. The first-order valence-electron chi connectivity index (χ1n) is 9.15. The third-order valence-corrected chi connectivity index (χ3v) is 4.86. The lowest BCUT2D eigenvalue weighted by Crippen LogP contribution is -2.39. The van der Waals surface area contributed by atoms with Crippen LogP contribution in [0.3, 0.4) is 0 Å². The van der Waals surface area contributed by atoms with Crippen molar-refractivity contribution in [1.82, 2.24) is 5.32 Å². The molecule has 1 atom stereocenters. The molecule has 27 heavy (non-hydrogen) atoms. The number of ether oxygens (including phenoxy) is 1. The van der Waals surface area contributed by atoms with Gasteiger partial charge in [0.2, 0.25) is 0 Å². The van der Waals surface area contributed by atoms with Crippen LogP contribution in [-0.4, -0.2) is 36.7 Å². The van der Waals surface area contributed by atoms with Crippen molar-refractivity contribution in [1.29, 1.82) is 0 Å². The number of benzene rings is 2. The molecule has 2 aromatic rings. The van der Waals surface area contributed by atoms with E-state index >= 15 is 0 Å². The minimum Gasteiger partial charge on any atom is -0.481 e. The topological polar surface area (TPSA) is 87.7 Å². The first-order chi connectivity index (χ1) is 13.1. The number of hydrogen-bond acceptors (Lipinski definition) is 4. The third-order valence-electron chi connectivity index (χ3n) is 4.86. The van der Waals surface area contributed by atoms with Crippen LogP contribution in [-0.2, 0) is 9.53 Å². The highest BCUT2D eigenvalue weighted by molar-refractivity contribution is 6.00. The van der Waals surface area contributed by atoms with Gasteiger partial charge in [-0.2, -0.15) is 0 Å². The lowest BCUT2D eigenvalue weighted by Gasteiger charge is -2.27. The van der Waals surface area contributed by atoms with Crippen molar-refractivity contribution >= 4 is 23.3 Å². The van der Waals surface area contributed by atoms with Crippen LogP contribution in [0.4, 0.5) is 11.4 Å². The number of carbonyl (C=O) groups excluding carboxylic acids is 1. The van der Waals surface area contributed by atoms with Gasteiger partial charge in [-0.25, -0.2) is 0 Å². The van der Waals surface area contributed by atoms with E-state index in [0.29, 0.717) is 37.3 Å². The van der Waals surface area contributed by atoms with Crippen LogP contribution in [0.25, 0.3) is 0 Å². The summed E-state index contributed by atoms with van der Waals surface area (Å²) in [6, 6.07) is 16.8. The number of carboxylic acid groups (broad SMARTS) is 1. The van der Waals surface area contributed by atoms with E-state index in [0.717, 1.165) is 5.69 Å². The smallest absolute Gasteiger partial charge is 0.308 e. The Morgan fingerprint density at radius 2 is 1.70 bits per heavy atom. The second-order valence-corrected chi connectivity index (χ2v) is 6.64. The Morgan fingerprint density at radius 3 is 2.41 bits per heavy atom. The van der Waals surface area contributed by atoms with Gasteiger partial charge in [0.1, 0.15) is 0 Å². The second kappa shape index (κ2) is 9.19. The quantitative estimate of drug-likeness (QED) is 0.698. The van der Waals surface area contributed by atoms with Gasteiger partial charge in [-0.05, 0) is 43.0 Å². The zero-order valence-corrected chi connectivity index (χ0v) is 15.1. The maximum absolute atomic E-state index is 12.7. The summed E-state index contributed by atoms with van der Waals surface area (Å²) in [6.07, 6.45) is 1.41. The van der Waals surface area contributed by atoms with E-state index in [4.69, 9.17) is 4.74 Å². The summed E-state index contributed by atoms with van der Waals surface area (Å²) in [5.74, 6) is -1.74. The van der Waals surface area contributed by atoms with Crippen LogP contribution < -0.4 is 10.6 Å².